The predicted octanol–water partition coefficient (Wildman–Crippen LogP) is 4.20. The van der Waals surface area contributed by atoms with Crippen molar-refractivity contribution in [3.63, 3.8) is 0 Å². The molecule has 4 heteroatoms. The van der Waals surface area contributed by atoms with Gasteiger partial charge in [0, 0.05) is 24.7 Å². The summed E-state index contributed by atoms with van der Waals surface area (Å²) in [6, 6.07) is 0. The van der Waals surface area contributed by atoms with Crippen LogP contribution in [0.1, 0.15) is 72.1 Å². The number of methoxy groups -OCH3 is 1. The Labute approximate surface area is 162 Å². The van der Waals surface area contributed by atoms with E-state index in [0.29, 0.717) is 48.1 Å². The zero-order valence-corrected chi connectivity index (χ0v) is 17.3. The maximum absolute atomic E-state index is 13.5. The Morgan fingerprint density at radius 1 is 1.07 bits per heavy atom. The van der Waals surface area contributed by atoms with Gasteiger partial charge in [0.05, 0.1) is 13.0 Å². The van der Waals surface area contributed by atoms with E-state index in [1.807, 2.05) is 6.92 Å². The molecule has 0 aromatic rings. The molecule has 4 rings (SSSR count). The van der Waals surface area contributed by atoms with Gasteiger partial charge in [-0.15, -0.1) is 0 Å². The first-order valence-corrected chi connectivity index (χ1v) is 10.9. The van der Waals surface area contributed by atoms with Crippen LogP contribution in [0.5, 0.6) is 0 Å². The fraction of sp³-hybridized carbons (Fsp3) is 0.870. The minimum atomic E-state index is -0.386. The fourth-order valence-electron chi connectivity index (χ4n) is 7.94. The van der Waals surface area contributed by atoms with E-state index in [0.717, 1.165) is 38.5 Å². The van der Waals surface area contributed by atoms with Gasteiger partial charge in [-0.3, -0.25) is 14.4 Å². The summed E-state index contributed by atoms with van der Waals surface area (Å²) in [5.41, 5.74) is -0.248. The Bertz CT molecular complexity index is 669. The molecule has 0 aromatic heterocycles. The fourth-order valence-corrected chi connectivity index (χ4v) is 7.94. The number of Topliss-reactive ketones (excluding diaryl/α,β-unsaturated/α-hetero) is 2. The molecular formula is C23H34O4. The molecule has 4 aliphatic carbocycles. The molecule has 0 spiro atoms. The van der Waals surface area contributed by atoms with Crippen molar-refractivity contribution >= 4 is 17.5 Å². The summed E-state index contributed by atoms with van der Waals surface area (Å²) in [4.78, 5) is 37.8. The van der Waals surface area contributed by atoms with Crippen molar-refractivity contribution in [2.24, 2.45) is 46.3 Å². The highest BCUT2D eigenvalue weighted by Gasteiger charge is 2.64. The van der Waals surface area contributed by atoms with Crippen molar-refractivity contribution in [3.8, 4) is 0 Å². The average molecular weight is 375 g/mol. The lowest BCUT2D eigenvalue weighted by atomic mass is 9.44. The quantitative estimate of drug-likeness (QED) is 0.680. The zero-order valence-electron chi connectivity index (χ0n) is 17.3. The number of fused-ring (bicyclic) bond motifs is 5. The Balaban J connectivity index is 1.64. The third-order valence-corrected chi connectivity index (χ3v) is 9.59. The molecule has 0 saturated heterocycles. The molecule has 0 amide bonds. The van der Waals surface area contributed by atoms with E-state index in [2.05, 4.69) is 13.8 Å². The predicted molar refractivity (Wildman–Crippen MR) is 102 cm³/mol. The van der Waals surface area contributed by atoms with Gasteiger partial charge in [0.15, 0.2) is 0 Å². The Morgan fingerprint density at radius 3 is 2.52 bits per heavy atom. The minimum absolute atomic E-state index is 0.0989. The first-order chi connectivity index (χ1) is 12.7. The Kier molecular flexibility index (Phi) is 4.55. The lowest BCUT2D eigenvalue weighted by Gasteiger charge is -2.59. The largest absolute Gasteiger partial charge is 0.469 e. The summed E-state index contributed by atoms with van der Waals surface area (Å²) in [7, 11) is 1.44. The van der Waals surface area contributed by atoms with E-state index in [4.69, 9.17) is 4.74 Å². The third kappa shape index (κ3) is 2.57. The Hall–Kier alpha value is -1.19. The molecule has 4 saturated carbocycles. The van der Waals surface area contributed by atoms with Crippen molar-refractivity contribution in [1.82, 2.24) is 0 Å². The van der Waals surface area contributed by atoms with Crippen LogP contribution < -0.4 is 0 Å². The van der Waals surface area contributed by atoms with Crippen molar-refractivity contribution in [3.05, 3.63) is 0 Å². The maximum Gasteiger partial charge on any atom is 0.308 e. The first kappa shape index (κ1) is 19.1. The summed E-state index contributed by atoms with van der Waals surface area (Å²) in [5.74, 6) is 2.31. The molecule has 0 N–H and O–H groups in total. The van der Waals surface area contributed by atoms with Crippen LogP contribution in [0.4, 0.5) is 0 Å². The van der Waals surface area contributed by atoms with Crippen molar-refractivity contribution in [1.29, 1.82) is 0 Å². The van der Waals surface area contributed by atoms with Crippen LogP contribution in [0.25, 0.3) is 0 Å². The summed E-state index contributed by atoms with van der Waals surface area (Å²) >= 11 is 0. The van der Waals surface area contributed by atoms with Gasteiger partial charge in [-0.1, -0.05) is 20.8 Å². The summed E-state index contributed by atoms with van der Waals surface area (Å²) < 4.78 is 5.01. The number of carbonyl (C=O) groups excluding carboxylic acids is 3. The molecule has 7 unspecified atom stereocenters. The van der Waals surface area contributed by atoms with E-state index in [1.165, 1.54) is 7.11 Å². The molecule has 0 bridgehead atoms. The van der Waals surface area contributed by atoms with Crippen LogP contribution in [-0.4, -0.2) is 24.6 Å². The molecule has 4 aliphatic rings. The van der Waals surface area contributed by atoms with Gasteiger partial charge in [0.2, 0.25) is 0 Å². The van der Waals surface area contributed by atoms with E-state index >= 15 is 0 Å². The van der Waals surface area contributed by atoms with Crippen molar-refractivity contribution in [2.45, 2.75) is 72.1 Å². The molecule has 0 aromatic carbocycles. The van der Waals surface area contributed by atoms with Gasteiger partial charge >= 0.3 is 5.97 Å². The number of carbonyl (C=O) groups is 3. The van der Waals surface area contributed by atoms with Gasteiger partial charge < -0.3 is 4.74 Å². The molecule has 150 valence electrons. The van der Waals surface area contributed by atoms with Crippen LogP contribution >= 0.6 is 0 Å². The second kappa shape index (κ2) is 6.42. The SMILES string of the molecule is COC(=O)[C@@H](C)C1CCC2C3CCC4CC(=O)CCC4(C)C3CC(=O)C21C. The van der Waals surface area contributed by atoms with Gasteiger partial charge in [-0.2, -0.15) is 0 Å². The number of hydrogen-bond acceptors (Lipinski definition) is 4. The summed E-state index contributed by atoms with van der Waals surface area (Å²) in [5, 5.41) is 0. The molecule has 0 heterocycles. The van der Waals surface area contributed by atoms with Crippen molar-refractivity contribution in [2.75, 3.05) is 7.11 Å². The van der Waals surface area contributed by atoms with Gasteiger partial charge in [-0.25, -0.2) is 0 Å². The third-order valence-electron chi connectivity index (χ3n) is 9.59. The topological polar surface area (TPSA) is 60.4 Å². The molecule has 4 fully saturated rings. The lowest BCUT2D eigenvalue weighted by molar-refractivity contribution is -0.162. The molecular weight excluding hydrogens is 340 g/mol. The lowest BCUT2D eigenvalue weighted by Crippen LogP contribution is -2.57. The van der Waals surface area contributed by atoms with Gasteiger partial charge in [0.25, 0.3) is 0 Å². The van der Waals surface area contributed by atoms with Crippen LogP contribution in [0.15, 0.2) is 0 Å². The van der Waals surface area contributed by atoms with E-state index in [1.54, 1.807) is 0 Å². The number of hydrogen-bond donors (Lipinski definition) is 0. The summed E-state index contributed by atoms with van der Waals surface area (Å²) in [6.45, 7) is 6.45. The van der Waals surface area contributed by atoms with Crippen LogP contribution in [-0.2, 0) is 19.1 Å². The van der Waals surface area contributed by atoms with Crippen LogP contribution in [0, 0.1) is 46.3 Å². The van der Waals surface area contributed by atoms with Gasteiger partial charge in [0.1, 0.15) is 11.6 Å². The van der Waals surface area contributed by atoms with Crippen LogP contribution in [0.2, 0.25) is 0 Å². The Morgan fingerprint density at radius 2 is 1.81 bits per heavy atom. The average Bonchev–Trinajstić information content (AvgIpc) is 3.01. The second-order valence-corrected chi connectivity index (χ2v) is 10.3. The smallest absolute Gasteiger partial charge is 0.308 e. The zero-order chi connectivity index (χ0) is 19.6. The molecule has 0 radical (unpaired) electrons. The number of esters is 1. The number of ketones is 2. The first-order valence-electron chi connectivity index (χ1n) is 10.9. The molecule has 27 heavy (non-hydrogen) atoms. The highest BCUT2D eigenvalue weighted by molar-refractivity contribution is 5.88. The van der Waals surface area contributed by atoms with E-state index in [9.17, 15) is 14.4 Å². The molecule has 0 aliphatic heterocycles. The van der Waals surface area contributed by atoms with Crippen LogP contribution in [0.3, 0.4) is 0 Å². The maximum atomic E-state index is 13.5. The summed E-state index contributed by atoms with van der Waals surface area (Å²) in [6.07, 6.45) is 7.28. The normalized spacial score (nSPS) is 47.6. The monoisotopic (exact) mass is 374 g/mol. The number of ether oxygens (including phenoxy) is 1. The highest BCUT2D eigenvalue weighted by Crippen LogP contribution is 2.66. The van der Waals surface area contributed by atoms with Crippen molar-refractivity contribution < 1.29 is 19.1 Å². The second-order valence-electron chi connectivity index (χ2n) is 10.3. The molecule has 8 atom stereocenters. The highest BCUT2D eigenvalue weighted by atomic mass is 16.5. The standard InChI is InChI=1S/C23H34O4/c1-13(21(26)27-4)17-7-8-18-16-6-5-14-11-15(24)9-10-22(14,2)19(16)12-20(25)23(17,18)3/h13-14,16-19H,5-12H2,1-4H3/t13-,14?,16?,17?,18?,19?,22?,23?/m0/s1. The van der Waals surface area contributed by atoms with E-state index < -0.39 is 0 Å². The van der Waals surface area contributed by atoms with Gasteiger partial charge in [-0.05, 0) is 67.1 Å². The van der Waals surface area contributed by atoms with E-state index in [-0.39, 0.29) is 28.6 Å². The molecule has 4 nitrogen and oxygen atoms in total. The minimum Gasteiger partial charge on any atom is -0.469 e. The number of rotatable bonds is 2.